The predicted octanol–water partition coefficient (Wildman–Crippen LogP) is 3.88. The first kappa shape index (κ1) is 26.9. The molecule has 204 valence electrons. The largest absolute Gasteiger partial charge is 0.497 e. The molecule has 0 radical (unpaired) electrons. The highest BCUT2D eigenvalue weighted by molar-refractivity contribution is 7.89. The molecule has 0 spiro atoms. The SMILES string of the molecule is COc1cc(C)c(S(=O)(=O)N2CCC[C@H]2COc2nccc(N3CCC(O)(c4cccs4)CC3)n2)c(C)c1. The van der Waals surface area contributed by atoms with E-state index in [0.29, 0.717) is 60.7 Å². The molecule has 2 aromatic heterocycles. The lowest BCUT2D eigenvalue weighted by Gasteiger charge is -2.38. The predicted molar refractivity (Wildman–Crippen MR) is 147 cm³/mol. The molecular weight excluding hydrogens is 524 g/mol. The lowest BCUT2D eigenvalue weighted by atomic mass is 9.90. The van der Waals surface area contributed by atoms with Crippen LogP contribution < -0.4 is 14.4 Å². The fourth-order valence-electron chi connectivity index (χ4n) is 5.49. The average molecular weight is 559 g/mol. The van der Waals surface area contributed by atoms with E-state index in [1.807, 2.05) is 23.6 Å². The van der Waals surface area contributed by atoms with Gasteiger partial charge in [-0.15, -0.1) is 11.3 Å². The standard InChI is InChI=1S/C27H34N4O5S2/c1-19-16-22(35-3)17-20(2)25(19)38(33,34)31-12-4-6-21(31)18-36-26-28-11-8-24(29-26)30-13-9-27(32,10-14-30)23-7-5-15-37-23/h5,7-8,11,15-17,21,32H,4,6,9-10,12-14,18H2,1-3H3/t21-/m0/s1. The van der Waals surface area contributed by atoms with Crippen molar-refractivity contribution in [1.82, 2.24) is 14.3 Å². The van der Waals surface area contributed by atoms with Crippen LogP contribution in [0.3, 0.4) is 0 Å². The van der Waals surface area contributed by atoms with E-state index in [4.69, 9.17) is 9.47 Å². The molecule has 2 aliphatic rings. The number of rotatable bonds is 8. The van der Waals surface area contributed by atoms with Crippen molar-refractivity contribution < 1.29 is 23.0 Å². The number of hydrogen-bond donors (Lipinski definition) is 1. The minimum Gasteiger partial charge on any atom is -0.497 e. The van der Waals surface area contributed by atoms with Gasteiger partial charge < -0.3 is 19.5 Å². The zero-order valence-corrected chi connectivity index (χ0v) is 23.6. The van der Waals surface area contributed by atoms with Crippen molar-refractivity contribution in [1.29, 1.82) is 0 Å². The van der Waals surface area contributed by atoms with Gasteiger partial charge in [0.1, 0.15) is 23.8 Å². The second-order valence-corrected chi connectivity index (χ2v) is 12.8. The van der Waals surface area contributed by atoms with Gasteiger partial charge in [0, 0.05) is 30.7 Å². The summed E-state index contributed by atoms with van der Waals surface area (Å²) in [5.41, 5.74) is 0.531. The number of aliphatic hydroxyl groups is 1. The third-order valence-corrected chi connectivity index (χ3v) is 10.8. The molecule has 1 N–H and O–H groups in total. The van der Waals surface area contributed by atoms with Crippen LogP contribution in [0.25, 0.3) is 0 Å². The van der Waals surface area contributed by atoms with Crippen molar-refractivity contribution in [3.8, 4) is 11.8 Å². The Kier molecular flexibility index (Phi) is 7.63. The molecule has 0 saturated carbocycles. The Bertz CT molecular complexity index is 1350. The smallest absolute Gasteiger partial charge is 0.318 e. The molecule has 0 amide bonds. The zero-order valence-electron chi connectivity index (χ0n) is 22.0. The van der Waals surface area contributed by atoms with Crippen LogP contribution >= 0.6 is 11.3 Å². The number of methoxy groups -OCH3 is 1. The van der Waals surface area contributed by atoms with E-state index >= 15 is 0 Å². The van der Waals surface area contributed by atoms with Gasteiger partial charge in [-0.3, -0.25) is 0 Å². The van der Waals surface area contributed by atoms with Crippen molar-refractivity contribution in [2.75, 3.05) is 38.3 Å². The molecule has 2 aliphatic heterocycles. The lowest BCUT2D eigenvalue weighted by Crippen LogP contribution is -2.42. The summed E-state index contributed by atoms with van der Waals surface area (Å²) >= 11 is 1.58. The molecule has 4 heterocycles. The quantitative estimate of drug-likeness (QED) is 0.444. The van der Waals surface area contributed by atoms with Crippen LogP contribution in [-0.2, 0) is 15.6 Å². The van der Waals surface area contributed by atoms with E-state index in [2.05, 4.69) is 14.9 Å². The Balaban J connectivity index is 1.25. The van der Waals surface area contributed by atoms with E-state index in [0.717, 1.165) is 17.1 Å². The van der Waals surface area contributed by atoms with Crippen LogP contribution in [0.1, 0.15) is 41.7 Å². The van der Waals surface area contributed by atoms with E-state index in [1.54, 1.807) is 54.9 Å². The van der Waals surface area contributed by atoms with Gasteiger partial charge in [0.25, 0.3) is 0 Å². The van der Waals surface area contributed by atoms with Gasteiger partial charge in [0.2, 0.25) is 10.0 Å². The molecule has 2 saturated heterocycles. The van der Waals surface area contributed by atoms with E-state index in [-0.39, 0.29) is 18.7 Å². The van der Waals surface area contributed by atoms with Crippen molar-refractivity contribution in [2.45, 2.75) is 56.1 Å². The fraction of sp³-hybridized carbons (Fsp3) is 0.481. The number of aromatic nitrogens is 2. The second-order valence-electron chi connectivity index (χ2n) is 10.0. The maximum absolute atomic E-state index is 13.7. The van der Waals surface area contributed by atoms with Gasteiger partial charge in [-0.25, -0.2) is 13.4 Å². The van der Waals surface area contributed by atoms with E-state index in [1.165, 1.54) is 0 Å². The topological polar surface area (TPSA) is 105 Å². The van der Waals surface area contributed by atoms with Gasteiger partial charge in [0.15, 0.2) is 0 Å². The number of nitrogens with zero attached hydrogens (tertiary/aromatic N) is 4. The molecule has 3 aromatic rings. The second kappa shape index (κ2) is 10.8. The first-order chi connectivity index (χ1) is 18.2. The fourth-order valence-corrected chi connectivity index (χ4v) is 8.47. The molecule has 1 aromatic carbocycles. The molecule has 0 aliphatic carbocycles. The van der Waals surface area contributed by atoms with Gasteiger partial charge in [-0.1, -0.05) is 6.07 Å². The van der Waals surface area contributed by atoms with Crippen LogP contribution in [0.4, 0.5) is 5.82 Å². The van der Waals surface area contributed by atoms with Crippen molar-refractivity contribution in [3.05, 3.63) is 57.9 Å². The summed E-state index contributed by atoms with van der Waals surface area (Å²) in [5.74, 6) is 1.38. The number of piperidine rings is 1. The van der Waals surface area contributed by atoms with E-state index in [9.17, 15) is 13.5 Å². The number of aryl methyl sites for hydroxylation is 2. The highest BCUT2D eigenvalue weighted by Crippen LogP contribution is 2.37. The van der Waals surface area contributed by atoms with Gasteiger partial charge >= 0.3 is 6.01 Å². The van der Waals surface area contributed by atoms with Crippen molar-refractivity contribution in [3.63, 3.8) is 0 Å². The lowest BCUT2D eigenvalue weighted by molar-refractivity contribution is 0.0152. The Morgan fingerprint density at radius 2 is 1.89 bits per heavy atom. The Labute approximate surface area is 228 Å². The number of ether oxygens (including phenoxy) is 2. The first-order valence-electron chi connectivity index (χ1n) is 12.9. The minimum atomic E-state index is -3.71. The first-order valence-corrected chi connectivity index (χ1v) is 15.2. The zero-order chi connectivity index (χ0) is 26.9. The Hall–Kier alpha value is -2.73. The number of thiophene rings is 1. The molecule has 0 unspecified atom stereocenters. The molecule has 5 rings (SSSR count). The average Bonchev–Trinajstić information content (AvgIpc) is 3.61. The molecule has 1 atom stereocenters. The molecular formula is C27H34N4O5S2. The monoisotopic (exact) mass is 558 g/mol. The summed E-state index contributed by atoms with van der Waals surface area (Å²) in [7, 11) is -2.13. The molecule has 38 heavy (non-hydrogen) atoms. The van der Waals surface area contributed by atoms with Gasteiger partial charge in [-0.2, -0.15) is 9.29 Å². The molecule has 9 nitrogen and oxygen atoms in total. The van der Waals surface area contributed by atoms with Crippen molar-refractivity contribution >= 4 is 27.2 Å². The third kappa shape index (κ3) is 5.25. The van der Waals surface area contributed by atoms with Gasteiger partial charge in [0.05, 0.1) is 18.0 Å². The Morgan fingerprint density at radius 3 is 2.55 bits per heavy atom. The van der Waals surface area contributed by atoms with Crippen LogP contribution in [0.2, 0.25) is 0 Å². The maximum Gasteiger partial charge on any atom is 0.318 e. The highest BCUT2D eigenvalue weighted by atomic mass is 32.2. The molecule has 2 fully saturated rings. The number of sulfonamides is 1. The Morgan fingerprint density at radius 1 is 1.16 bits per heavy atom. The van der Waals surface area contributed by atoms with Gasteiger partial charge in [-0.05, 0) is 80.3 Å². The number of benzene rings is 1. The summed E-state index contributed by atoms with van der Waals surface area (Å²) in [5, 5.41) is 13.0. The number of anilines is 1. The molecule has 0 bridgehead atoms. The van der Waals surface area contributed by atoms with Crippen LogP contribution in [-0.4, -0.2) is 67.2 Å². The summed E-state index contributed by atoms with van der Waals surface area (Å²) in [4.78, 5) is 12.3. The summed E-state index contributed by atoms with van der Waals surface area (Å²) in [6, 6.07) is 9.22. The summed E-state index contributed by atoms with van der Waals surface area (Å²) in [6.07, 6.45) is 4.37. The van der Waals surface area contributed by atoms with E-state index < -0.39 is 15.6 Å². The van der Waals surface area contributed by atoms with Crippen LogP contribution in [0.5, 0.6) is 11.8 Å². The number of hydrogen-bond acceptors (Lipinski definition) is 9. The maximum atomic E-state index is 13.7. The van der Waals surface area contributed by atoms with Crippen molar-refractivity contribution in [2.24, 2.45) is 0 Å². The van der Waals surface area contributed by atoms with Crippen LogP contribution in [0.15, 0.2) is 46.8 Å². The highest BCUT2D eigenvalue weighted by Gasteiger charge is 2.38. The molecule has 11 heteroatoms. The third-order valence-electron chi connectivity index (χ3n) is 7.48. The van der Waals surface area contributed by atoms with Crippen LogP contribution in [0, 0.1) is 13.8 Å². The summed E-state index contributed by atoms with van der Waals surface area (Å²) in [6.45, 7) is 5.55. The minimum absolute atomic E-state index is 0.176. The normalized spacial score (nSPS) is 20.0. The summed E-state index contributed by atoms with van der Waals surface area (Å²) < 4.78 is 40.1.